The lowest BCUT2D eigenvalue weighted by Gasteiger charge is -2.20. The molecule has 0 amide bonds. The molecule has 0 heterocycles. The van der Waals surface area contributed by atoms with Crippen molar-refractivity contribution in [1.82, 2.24) is 0 Å². The third-order valence-corrected chi connectivity index (χ3v) is 2.91. The molecule has 1 fully saturated rings. The second-order valence-electron chi connectivity index (χ2n) is 3.55. The second kappa shape index (κ2) is 3.38. The molecule has 1 nitrogen and oxygen atoms in total. The molecule has 0 saturated heterocycles. The molecule has 1 saturated carbocycles. The van der Waals surface area contributed by atoms with Crippen LogP contribution in [0.4, 0.5) is 0 Å². The highest BCUT2D eigenvalue weighted by Crippen LogP contribution is 2.32. The smallest absolute Gasteiger partial charge is 0.0570 e. The summed E-state index contributed by atoms with van der Waals surface area (Å²) in [5.41, 5.74) is 0. The van der Waals surface area contributed by atoms with E-state index in [1.807, 2.05) is 0 Å². The monoisotopic (exact) mass is 142 g/mol. The predicted octanol–water partition coefficient (Wildman–Crippen LogP) is 2.19. The Morgan fingerprint density at radius 3 is 2.60 bits per heavy atom. The summed E-state index contributed by atoms with van der Waals surface area (Å²) < 4.78 is 0. The standard InChI is InChI=1S/C9H18O/c1-3-7(2)8-5-4-6-9(8)10/h7-10H,3-6H2,1-2H3/t7?,8-,9+/m0/s1. The molecule has 0 spiro atoms. The molecular formula is C9H18O. The lowest BCUT2D eigenvalue weighted by molar-refractivity contribution is 0.102. The molecule has 0 aromatic rings. The Kier molecular flexibility index (Phi) is 2.72. The maximum absolute atomic E-state index is 9.49. The second-order valence-corrected chi connectivity index (χ2v) is 3.55. The van der Waals surface area contributed by atoms with Gasteiger partial charge in [-0.15, -0.1) is 0 Å². The van der Waals surface area contributed by atoms with E-state index in [1.165, 1.54) is 19.3 Å². The Labute approximate surface area is 63.4 Å². The van der Waals surface area contributed by atoms with Gasteiger partial charge in [-0.3, -0.25) is 0 Å². The highest BCUT2D eigenvalue weighted by atomic mass is 16.3. The Bertz CT molecular complexity index is 101. The van der Waals surface area contributed by atoms with Crippen molar-refractivity contribution in [2.24, 2.45) is 11.8 Å². The summed E-state index contributed by atoms with van der Waals surface area (Å²) in [5, 5.41) is 9.49. The Morgan fingerprint density at radius 2 is 2.20 bits per heavy atom. The Morgan fingerprint density at radius 1 is 1.50 bits per heavy atom. The van der Waals surface area contributed by atoms with Crippen LogP contribution in [0.5, 0.6) is 0 Å². The van der Waals surface area contributed by atoms with Gasteiger partial charge >= 0.3 is 0 Å². The van der Waals surface area contributed by atoms with Gasteiger partial charge in [-0.1, -0.05) is 26.7 Å². The molecular weight excluding hydrogens is 124 g/mol. The van der Waals surface area contributed by atoms with Gasteiger partial charge < -0.3 is 5.11 Å². The van der Waals surface area contributed by atoms with Crippen LogP contribution in [-0.2, 0) is 0 Å². The van der Waals surface area contributed by atoms with E-state index in [-0.39, 0.29) is 6.10 Å². The van der Waals surface area contributed by atoms with Crippen LogP contribution < -0.4 is 0 Å². The molecule has 1 rings (SSSR count). The molecule has 60 valence electrons. The maximum Gasteiger partial charge on any atom is 0.0570 e. The molecule has 1 aliphatic carbocycles. The van der Waals surface area contributed by atoms with Crippen LogP contribution >= 0.6 is 0 Å². The summed E-state index contributed by atoms with van der Waals surface area (Å²) in [6, 6.07) is 0. The number of aliphatic hydroxyl groups is 1. The molecule has 0 bridgehead atoms. The highest BCUT2D eigenvalue weighted by Gasteiger charge is 2.28. The van der Waals surface area contributed by atoms with Gasteiger partial charge in [0.1, 0.15) is 0 Å². The summed E-state index contributed by atoms with van der Waals surface area (Å²) in [4.78, 5) is 0. The van der Waals surface area contributed by atoms with Gasteiger partial charge in [0.2, 0.25) is 0 Å². The lowest BCUT2D eigenvalue weighted by Crippen LogP contribution is -2.19. The quantitative estimate of drug-likeness (QED) is 0.626. The highest BCUT2D eigenvalue weighted by molar-refractivity contribution is 4.79. The van der Waals surface area contributed by atoms with Gasteiger partial charge in [-0.05, 0) is 24.7 Å². The van der Waals surface area contributed by atoms with Crippen molar-refractivity contribution in [1.29, 1.82) is 0 Å². The molecule has 0 aromatic heterocycles. The fraction of sp³-hybridized carbons (Fsp3) is 1.00. The summed E-state index contributed by atoms with van der Waals surface area (Å²) in [5.74, 6) is 1.32. The molecule has 1 aliphatic rings. The molecule has 1 unspecified atom stereocenters. The largest absolute Gasteiger partial charge is 0.393 e. The molecule has 1 heteroatoms. The number of hydrogen-bond acceptors (Lipinski definition) is 1. The van der Waals surface area contributed by atoms with Crippen molar-refractivity contribution in [3.8, 4) is 0 Å². The fourth-order valence-corrected chi connectivity index (χ4v) is 1.94. The Hall–Kier alpha value is -0.0400. The van der Waals surface area contributed by atoms with Crippen LogP contribution in [0.15, 0.2) is 0 Å². The van der Waals surface area contributed by atoms with Crippen LogP contribution in [0.3, 0.4) is 0 Å². The summed E-state index contributed by atoms with van der Waals surface area (Å²) in [6.45, 7) is 4.45. The van der Waals surface area contributed by atoms with Gasteiger partial charge in [0.15, 0.2) is 0 Å². The van der Waals surface area contributed by atoms with E-state index in [9.17, 15) is 5.11 Å². The van der Waals surface area contributed by atoms with Gasteiger partial charge in [0.25, 0.3) is 0 Å². The SMILES string of the molecule is CCC(C)[C@@H]1CCC[C@H]1O. The first-order chi connectivity index (χ1) is 4.75. The zero-order valence-corrected chi connectivity index (χ0v) is 7.01. The van der Waals surface area contributed by atoms with E-state index in [1.54, 1.807) is 0 Å². The van der Waals surface area contributed by atoms with E-state index >= 15 is 0 Å². The van der Waals surface area contributed by atoms with Crippen molar-refractivity contribution >= 4 is 0 Å². The third-order valence-electron chi connectivity index (χ3n) is 2.91. The van der Waals surface area contributed by atoms with E-state index < -0.39 is 0 Å². The van der Waals surface area contributed by atoms with E-state index in [0.717, 1.165) is 12.3 Å². The van der Waals surface area contributed by atoms with E-state index in [2.05, 4.69) is 13.8 Å². The van der Waals surface area contributed by atoms with Gasteiger partial charge in [-0.2, -0.15) is 0 Å². The van der Waals surface area contributed by atoms with E-state index in [4.69, 9.17) is 0 Å². The lowest BCUT2D eigenvalue weighted by atomic mass is 9.89. The first kappa shape index (κ1) is 8.06. The van der Waals surface area contributed by atoms with E-state index in [0.29, 0.717) is 5.92 Å². The number of hydrogen-bond donors (Lipinski definition) is 1. The normalized spacial score (nSPS) is 36.3. The zero-order chi connectivity index (χ0) is 7.56. The molecule has 0 aromatic carbocycles. The fourth-order valence-electron chi connectivity index (χ4n) is 1.94. The first-order valence-corrected chi connectivity index (χ1v) is 4.43. The van der Waals surface area contributed by atoms with Crippen LogP contribution in [0, 0.1) is 11.8 Å². The molecule has 1 N–H and O–H groups in total. The molecule has 10 heavy (non-hydrogen) atoms. The van der Waals surface area contributed by atoms with Gasteiger partial charge in [0.05, 0.1) is 6.10 Å². The maximum atomic E-state index is 9.49. The summed E-state index contributed by atoms with van der Waals surface area (Å²) in [6.07, 6.45) is 4.73. The number of aliphatic hydroxyl groups excluding tert-OH is 1. The molecule has 3 atom stereocenters. The average Bonchev–Trinajstić information content (AvgIpc) is 2.34. The van der Waals surface area contributed by atoms with Gasteiger partial charge in [0, 0.05) is 0 Å². The van der Waals surface area contributed by atoms with Crippen molar-refractivity contribution < 1.29 is 5.11 Å². The minimum absolute atomic E-state index is 0.00921. The summed E-state index contributed by atoms with van der Waals surface area (Å²) in [7, 11) is 0. The van der Waals surface area contributed by atoms with Crippen molar-refractivity contribution in [3.63, 3.8) is 0 Å². The first-order valence-electron chi connectivity index (χ1n) is 4.43. The van der Waals surface area contributed by atoms with Gasteiger partial charge in [-0.25, -0.2) is 0 Å². The minimum atomic E-state index is 0.00921. The summed E-state index contributed by atoms with van der Waals surface area (Å²) >= 11 is 0. The van der Waals surface area contributed by atoms with Crippen LogP contribution in [0.1, 0.15) is 39.5 Å². The topological polar surface area (TPSA) is 20.2 Å². The van der Waals surface area contributed by atoms with Crippen LogP contribution in [0.25, 0.3) is 0 Å². The van der Waals surface area contributed by atoms with Crippen LogP contribution in [0.2, 0.25) is 0 Å². The van der Waals surface area contributed by atoms with Crippen molar-refractivity contribution in [2.45, 2.75) is 45.6 Å². The number of rotatable bonds is 2. The minimum Gasteiger partial charge on any atom is -0.393 e. The average molecular weight is 142 g/mol. The predicted molar refractivity (Wildman–Crippen MR) is 42.8 cm³/mol. The van der Waals surface area contributed by atoms with Crippen LogP contribution in [-0.4, -0.2) is 11.2 Å². The Balaban J connectivity index is 2.38. The third kappa shape index (κ3) is 1.51. The molecule has 0 radical (unpaired) electrons. The zero-order valence-electron chi connectivity index (χ0n) is 7.01. The molecule has 0 aliphatic heterocycles. The van der Waals surface area contributed by atoms with Crippen molar-refractivity contribution in [3.05, 3.63) is 0 Å². The van der Waals surface area contributed by atoms with Crippen molar-refractivity contribution in [2.75, 3.05) is 0 Å².